The number of methoxy groups -OCH3 is 1. The maximum atomic E-state index is 5.47. The molecule has 0 saturated heterocycles. The highest BCUT2D eigenvalue weighted by atomic mass is 32.2. The zero-order chi connectivity index (χ0) is 12.2. The summed E-state index contributed by atoms with van der Waals surface area (Å²) in [6.07, 6.45) is 7.34. The Hall–Kier alpha value is 0.270. The second-order valence-corrected chi connectivity index (χ2v) is 6.74. The van der Waals surface area contributed by atoms with Gasteiger partial charge < -0.3 is 10.1 Å². The third-order valence-corrected chi connectivity index (χ3v) is 4.68. The number of rotatable bonds is 6. The van der Waals surface area contributed by atoms with Gasteiger partial charge in [0.2, 0.25) is 0 Å². The summed E-state index contributed by atoms with van der Waals surface area (Å²) >= 11 is 2.02. The van der Waals surface area contributed by atoms with Crippen molar-refractivity contribution in [3.8, 4) is 0 Å². The fourth-order valence-electron chi connectivity index (χ4n) is 2.59. The standard InChI is InChI=1S/C13H27NOS/c1-10(9-13(2,3)15-4)14-11-6-7-12(8-11)16-5/h10-12,14H,6-9H2,1-5H3. The lowest BCUT2D eigenvalue weighted by Gasteiger charge is -2.29. The molecule has 0 spiro atoms. The first-order valence-corrected chi connectivity index (χ1v) is 7.59. The van der Waals surface area contributed by atoms with E-state index >= 15 is 0 Å². The lowest BCUT2D eigenvalue weighted by Crippen LogP contribution is -2.40. The molecule has 1 fully saturated rings. The van der Waals surface area contributed by atoms with Gasteiger partial charge in [-0.15, -0.1) is 0 Å². The zero-order valence-corrected chi connectivity index (χ0v) is 12.2. The summed E-state index contributed by atoms with van der Waals surface area (Å²) in [5.74, 6) is 0. The van der Waals surface area contributed by atoms with Crippen molar-refractivity contribution in [3.63, 3.8) is 0 Å². The predicted octanol–water partition coefficient (Wildman–Crippen LogP) is 3.06. The number of hydrogen-bond acceptors (Lipinski definition) is 3. The van der Waals surface area contributed by atoms with E-state index in [2.05, 4.69) is 32.3 Å². The first-order chi connectivity index (χ1) is 7.46. The zero-order valence-electron chi connectivity index (χ0n) is 11.4. The Bertz CT molecular complexity index is 208. The van der Waals surface area contributed by atoms with Gasteiger partial charge in [0.15, 0.2) is 0 Å². The van der Waals surface area contributed by atoms with Crippen molar-refractivity contribution in [1.82, 2.24) is 5.32 Å². The average molecular weight is 245 g/mol. The molecule has 0 aromatic heterocycles. The van der Waals surface area contributed by atoms with Gasteiger partial charge in [-0.2, -0.15) is 11.8 Å². The first-order valence-electron chi connectivity index (χ1n) is 6.31. The second kappa shape index (κ2) is 6.27. The molecule has 3 unspecified atom stereocenters. The molecule has 0 heterocycles. The van der Waals surface area contributed by atoms with Crippen LogP contribution >= 0.6 is 11.8 Å². The molecular weight excluding hydrogens is 218 g/mol. The van der Waals surface area contributed by atoms with Gasteiger partial charge in [-0.25, -0.2) is 0 Å². The van der Waals surface area contributed by atoms with E-state index in [0.717, 1.165) is 17.7 Å². The van der Waals surface area contributed by atoms with Crippen molar-refractivity contribution in [2.75, 3.05) is 13.4 Å². The molecule has 0 aliphatic heterocycles. The first kappa shape index (κ1) is 14.3. The summed E-state index contributed by atoms with van der Waals surface area (Å²) in [5, 5.41) is 4.62. The predicted molar refractivity (Wildman–Crippen MR) is 73.2 cm³/mol. The SMILES string of the molecule is COC(C)(C)CC(C)NC1CCC(SC)C1. The molecule has 3 heteroatoms. The Morgan fingerprint density at radius 3 is 2.62 bits per heavy atom. The van der Waals surface area contributed by atoms with Crippen LogP contribution in [0, 0.1) is 0 Å². The summed E-state index contributed by atoms with van der Waals surface area (Å²) < 4.78 is 5.47. The van der Waals surface area contributed by atoms with Crippen molar-refractivity contribution in [2.24, 2.45) is 0 Å². The number of ether oxygens (including phenoxy) is 1. The highest BCUT2D eigenvalue weighted by Crippen LogP contribution is 2.29. The lowest BCUT2D eigenvalue weighted by atomic mass is 9.99. The fraction of sp³-hybridized carbons (Fsp3) is 1.00. The molecule has 1 aliphatic carbocycles. The molecule has 96 valence electrons. The van der Waals surface area contributed by atoms with E-state index < -0.39 is 0 Å². The third kappa shape index (κ3) is 4.64. The van der Waals surface area contributed by atoms with Gasteiger partial charge in [0.1, 0.15) is 0 Å². The number of thioether (sulfide) groups is 1. The molecule has 0 bridgehead atoms. The van der Waals surface area contributed by atoms with Gasteiger partial charge in [0.25, 0.3) is 0 Å². The summed E-state index contributed by atoms with van der Waals surface area (Å²) in [6.45, 7) is 6.59. The molecule has 16 heavy (non-hydrogen) atoms. The lowest BCUT2D eigenvalue weighted by molar-refractivity contribution is 0.00775. The van der Waals surface area contributed by atoms with Crippen molar-refractivity contribution in [2.45, 2.75) is 69.4 Å². The van der Waals surface area contributed by atoms with Crippen LogP contribution in [0.5, 0.6) is 0 Å². The van der Waals surface area contributed by atoms with Crippen LogP contribution in [0.15, 0.2) is 0 Å². The minimum atomic E-state index is -0.00999. The molecular formula is C13H27NOS. The highest BCUT2D eigenvalue weighted by molar-refractivity contribution is 7.99. The molecule has 0 radical (unpaired) electrons. The number of hydrogen-bond donors (Lipinski definition) is 1. The van der Waals surface area contributed by atoms with Gasteiger partial charge in [-0.3, -0.25) is 0 Å². The van der Waals surface area contributed by atoms with Crippen LogP contribution in [0.2, 0.25) is 0 Å². The highest BCUT2D eigenvalue weighted by Gasteiger charge is 2.27. The molecule has 2 nitrogen and oxygen atoms in total. The van der Waals surface area contributed by atoms with Crippen LogP contribution in [0.25, 0.3) is 0 Å². The van der Waals surface area contributed by atoms with Gasteiger partial charge >= 0.3 is 0 Å². The van der Waals surface area contributed by atoms with Crippen molar-refractivity contribution in [3.05, 3.63) is 0 Å². The third-order valence-electron chi connectivity index (χ3n) is 3.59. The van der Waals surface area contributed by atoms with E-state index in [1.54, 1.807) is 7.11 Å². The van der Waals surface area contributed by atoms with Gasteiger partial charge in [0, 0.05) is 24.4 Å². The van der Waals surface area contributed by atoms with Gasteiger partial charge in [-0.05, 0) is 52.7 Å². The van der Waals surface area contributed by atoms with Crippen molar-refractivity contribution >= 4 is 11.8 Å². The van der Waals surface area contributed by atoms with Crippen molar-refractivity contribution < 1.29 is 4.74 Å². The second-order valence-electron chi connectivity index (χ2n) is 5.60. The normalized spacial score (nSPS) is 28.3. The summed E-state index contributed by atoms with van der Waals surface area (Å²) in [7, 11) is 1.80. The molecule has 1 aliphatic rings. The summed E-state index contributed by atoms with van der Waals surface area (Å²) in [4.78, 5) is 0. The molecule has 0 aromatic carbocycles. The van der Waals surface area contributed by atoms with Gasteiger partial charge in [-0.1, -0.05) is 0 Å². The summed E-state index contributed by atoms with van der Waals surface area (Å²) in [6, 6.07) is 1.26. The van der Waals surface area contributed by atoms with Crippen LogP contribution in [0.4, 0.5) is 0 Å². The average Bonchev–Trinajstić information content (AvgIpc) is 2.64. The van der Waals surface area contributed by atoms with Crippen LogP contribution in [0.3, 0.4) is 0 Å². The monoisotopic (exact) mass is 245 g/mol. The number of nitrogens with one attached hydrogen (secondary N) is 1. The topological polar surface area (TPSA) is 21.3 Å². The maximum Gasteiger partial charge on any atom is 0.0637 e. The molecule has 0 amide bonds. The molecule has 3 atom stereocenters. The molecule has 1 rings (SSSR count). The quantitative estimate of drug-likeness (QED) is 0.777. The minimum Gasteiger partial charge on any atom is -0.379 e. The Morgan fingerprint density at radius 2 is 2.12 bits per heavy atom. The largest absolute Gasteiger partial charge is 0.379 e. The Morgan fingerprint density at radius 1 is 1.44 bits per heavy atom. The van der Waals surface area contributed by atoms with E-state index in [1.807, 2.05) is 11.8 Å². The van der Waals surface area contributed by atoms with Crippen LogP contribution in [0.1, 0.15) is 46.5 Å². The van der Waals surface area contributed by atoms with E-state index in [1.165, 1.54) is 19.3 Å². The molecule has 1 saturated carbocycles. The Labute approximate surface area is 105 Å². The van der Waals surface area contributed by atoms with Gasteiger partial charge in [0.05, 0.1) is 5.60 Å². The Kier molecular flexibility index (Phi) is 5.62. The van der Waals surface area contributed by atoms with E-state index in [9.17, 15) is 0 Å². The fourth-order valence-corrected chi connectivity index (χ4v) is 3.38. The van der Waals surface area contributed by atoms with E-state index in [4.69, 9.17) is 4.74 Å². The maximum absolute atomic E-state index is 5.47. The smallest absolute Gasteiger partial charge is 0.0637 e. The minimum absolute atomic E-state index is 0.00999. The van der Waals surface area contributed by atoms with Crippen LogP contribution in [-0.4, -0.2) is 36.3 Å². The summed E-state index contributed by atoms with van der Waals surface area (Å²) in [5.41, 5.74) is -0.00999. The Balaban J connectivity index is 2.27. The van der Waals surface area contributed by atoms with Crippen molar-refractivity contribution in [1.29, 1.82) is 0 Å². The van der Waals surface area contributed by atoms with Crippen LogP contribution in [-0.2, 0) is 4.74 Å². The van der Waals surface area contributed by atoms with E-state index in [0.29, 0.717) is 6.04 Å². The van der Waals surface area contributed by atoms with Crippen LogP contribution < -0.4 is 5.32 Å². The molecule has 0 aromatic rings. The van der Waals surface area contributed by atoms with E-state index in [-0.39, 0.29) is 5.60 Å². The molecule has 1 N–H and O–H groups in total.